The Morgan fingerprint density at radius 3 is 1.06 bits per heavy atom. The molecule has 0 saturated heterocycles. The van der Waals surface area contributed by atoms with E-state index in [1.807, 2.05) is 22.7 Å². The van der Waals surface area contributed by atoms with Gasteiger partial charge in [-0.25, -0.2) is 0 Å². The molecular formula is C73H46N2S2. The van der Waals surface area contributed by atoms with Crippen molar-refractivity contribution in [1.29, 1.82) is 0 Å². The fourth-order valence-corrected chi connectivity index (χ4v) is 15.3. The van der Waals surface area contributed by atoms with Gasteiger partial charge in [-0.3, -0.25) is 0 Å². The van der Waals surface area contributed by atoms with Gasteiger partial charge in [0.1, 0.15) is 0 Å². The molecule has 0 radical (unpaired) electrons. The van der Waals surface area contributed by atoms with Crippen molar-refractivity contribution in [1.82, 2.24) is 0 Å². The maximum Gasteiger partial charge on any atom is 0.0783 e. The molecule has 2 aromatic heterocycles. The van der Waals surface area contributed by atoms with Gasteiger partial charge in [-0.2, -0.15) is 0 Å². The lowest BCUT2D eigenvalue weighted by Crippen LogP contribution is -2.42. The summed E-state index contributed by atoms with van der Waals surface area (Å²) in [7, 11) is 0. The van der Waals surface area contributed by atoms with Crippen LogP contribution in [0.2, 0.25) is 0 Å². The van der Waals surface area contributed by atoms with Crippen molar-refractivity contribution in [2.45, 2.75) is 5.41 Å². The van der Waals surface area contributed by atoms with Crippen LogP contribution in [0.4, 0.5) is 34.1 Å². The lowest BCUT2D eigenvalue weighted by atomic mass is 9.59. The largest absolute Gasteiger partial charge is 0.310 e. The molecule has 12 aromatic carbocycles. The fraction of sp³-hybridized carbons (Fsp3) is 0.0137. The van der Waals surface area contributed by atoms with Crippen LogP contribution in [0.3, 0.4) is 0 Å². The number of hydrogen-bond donors (Lipinski definition) is 0. The zero-order valence-electron chi connectivity index (χ0n) is 41.8. The third kappa shape index (κ3) is 6.66. The number of thiophene rings is 2. The summed E-state index contributed by atoms with van der Waals surface area (Å²) in [4.78, 5) is 5.03. The lowest BCUT2D eigenvalue weighted by molar-refractivity contribution is 0.719. The fourth-order valence-electron chi connectivity index (χ4n) is 12.9. The van der Waals surface area contributed by atoms with Crippen molar-refractivity contribution < 1.29 is 0 Å². The van der Waals surface area contributed by atoms with Crippen LogP contribution in [0, 0.1) is 0 Å². The van der Waals surface area contributed by atoms with Crippen molar-refractivity contribution in [2.24, 2.45) is 0 Å². The molecule has 0 amide bonds. The molecule has 14 aromatic rings. The van der Waals surface area contributed by atoms with Crippen molar-refractivity contribution >= 4 is 97.1 Å². The van der Waals surface area contributed by atoms with Gasteiger partial charge in [-0.1, -0.05) is 206 Å². The van der Waals surface area contributed by atoms with Crippen LogP contribution in [-0.2, 0) is 5.41 Å². The summed E-state index contributed by atoms with van der Waals surface area (Å²) >= 11 is 3.76. The van der Waals surface area contributed by atoms with E-state index in [1.54, 1.807) is 0 Å². The minimum absolute atomic E-state index is 0.742. The van der Waals surface area contributed by atoms with Gasteiger partial charge in [0, 0.05) is 51.7 Å². The minimum Gasteiger partial charge on any atom is -0.310 e. The topological polar surface area (TPSA) is 6.48 Å². The third-order valence-corrected chi connectivity index (χ3v) is 18.7. The first kappa shape index (κ1) is 44.0. The molecule has 1 spiro atoms. The molecule has 0 bridgehead atoms. The molecule has 0 fully saturated rings. The molecule has 2 aliphatic heterocycles. The zero-order valence-corrected chi connectivity index (χ0v) is 43.4. The molecule has 360 valence electrons. The van der Waals surface area contributed by atoms with Gasteiger partial charge in [0.15, 0.2) is 0 Å². The summed E-state index contributed by atoms with van der Waals surface area (Å²) in [6.07, 6.45) is 0. The standard InChI is InChI=1S/C73H46N2S2/c1-3-17-47(18-4-1)51-37-43-67-63(45-51)73(61-27-9-11-29-65(61)74(67)53-39-33-49(34-40-53)55-23-15-25-59-57-21-7-13-31-69(57)76-71(55)59)62-28-10-12-30-66(62)75(68-44-38-52(46-64(68)73)48-19-5-2-6-20-48)54-41-35-50(36-42-54)56-24-16-26-60-58-22-8-14-32-70(58)77-72(56)60/h1-46H. The van der Waals surface area contributed by atoms with E-state index in [1.165, 1.54) is 107 Å². The van der Waals surface area contributed by atoms with Crippen molar-refractivity contribution in [3.8, 4) is 44.5 Å². The van der Waals surface area contributed by atoms with Gasteiger partial charge in [0.2, 0.25) is 0 Å². The molecule has 0 aliphatic carbocycles. The second-order valence-corrected chi connectivity index (χ2v) is 22.4. The molecule has 16 rings (SSSR count). The second kappa shape index (κ2) is 17.4. The predicted molar refractivity (Wildman–Crippen MR) is 329 cm³/mol. The number of nitrogens with zero attached hydrogens (tertiary/aromatic N) is 2. The number of fused-ring (bicyclic) bond motifs is 14. The maximum atomic E-state index is 2.51. The summed E-state index contributed by atoms with van der Waals surface area (Å²) in [6.45, 7) is 0. The number of anilines is 6. The molecule has 4 heterocycles. The van der Waals surface area contributed by atoms with Gasteiger partial charge in [0.05, 0.1) is 28.2 Å². The van der Waals surface area contributed by atoms with E-state index in [0.29, 0.717) is 0 Å². The van der Waals surface area contributed by atoms with Gasteiger partial charge in [-0.15, -0.1) is 22.7 Å². The maximum absolute atomic E-state index is 2.51. The van der Waals surface area contributed by atoms with Crippen LogP contribution in [0.1, 0.15) is 22.3 Å². The SMILES string of the molecule is c1ccc(-c2ccc3c(c2)C2(c4ccccc4N3c3ccc(-c4cccc5c4sc4ccccc45)cc3)c3ccccc3N(c3ccc(-c4cccc5c4sc4ccccc45)cc3)c3ccc(-c4ccccc4)cc32)cc1. The molecule has 0 saturated carbocycles. The Bertz CT molecular complexity index is 4330. The molecular weight excluding hydrogens is 969 g/mol. The van der Waals surface area contributed by atoms with Crippen molar-refractivity contribution in [2.75, 3.05) is 9.80 Å². The Hall–Kier alpha value is -9.32. The van der Waals surface area contributed by atoms with Crippen LogP contribution in [0.25, 0.3) is 84.9 Å². The minimum atomic E-state index is -0.742. The number of rotatable bonds is 6. The highest BCUT2D eigenvalue weighted by Gasteiger charge is 2.52. The van der Waals surface area contributed by atoms with E-state index in [0.717, 1.165) is 34.1 Å². The predicted octanol–water partition coefficient (Wildman–Crippen LogP) is 21.0. The monoisotopic (exact) mass is 1010 g/mol. The quantitative estimate of drug-likeness (QED) is 0.164. The Kier molecular flexibility index (Phi) is 9.93. The summed E-state index contributed by atoms with van der Waals surface area (Å²) in [5.74, 6) is 0. The Labute approximate surface area is 455 Å². The Morgan fingerprint density at radius 1 is 0.247 bits per heavy atom. The average Bonchev–Trinajstić information content (AvgIpc) is 4.10. The van der Waals surface area contributed by atoms with Gasteiger partial charge in [0.25, 0.3) is 0 Å². The van der Waals surface area contributed by atoms with Crippen molar-refractivity contribution in [3.63, 3.8) is 0 Å². The number of para-hydroxylation sites is 2. The highest BCUT2D eigenvalue weighted by molar-refractivity contribution is 7.26. The summed E-state index contributed by atoms with van der Waals surface area (Å²) in [6, 6.07) is 104. The molecule has 0 atom stereocenters. The lowest BCUT2D eigenvalue weighted by Gasteiger charge is -2.51. The van der Waals surface area contributed by atoms with E-state index < -0.39 is 5.41 Å². The van der Waals surface area contributed by atoms with E-state index in [4.69, 9.17) is 0 Å². The van der Waals surface area contributed by atoms with Gasteiger partial charge in [-0.05, 0) is 140 Å². The number of benzene rings is 12. The van der Waals surface area contributed by atoms with E-state index >= 15 is 0 Å². The van der Waals surface area contributed by atoms with E-state index in [2.05, 4.69) is 289 Å². The first-order valence-corrected chi connectivity index (χ1v) is 28.0. The normalized spacial score (nSPS) is 13.2. The van der Waals surface area contributed by atoms with Gasteiger partial charge >= 0.3 is 0 Å². The molecule has 77 heavy (non-hydrogen) atoms. The van der Waals surface area contributed by atoms with Crippen molar-refractivity contribution in [3.05, 3.63) is 301 Å². The third-order valence-electron chi connectivity index (χ3n) is 16.3. The summed E-state index contributed by atoms with van der Waals surface area (Å²) < 4.78 is 5.28. The van der Waals surface area contributed by atoms with Gasteiger partial charge < -0.3 is 9.80 Å². The second-order valence-electron chi connectivity index (χ2n) is 20.3. The first-order valence-electron chi connectivity index (χ1n) is 26.4. The number of hydrogen-bond acceptors (Lipinski definition) is 4. The zero-order chi connectivity index (χ0) is 50.6. The molecule has 4 heteroatoms. The Morgan fingerprint density at radius 2 is 0.610 bits per heavy atom. The van der Waals surface area contributed by atoms with Crippen LogP contribution in [0.5, 0.6) is 0 Å². The van der Waals surface area contributed by atoms with Crippen LogP contribution >= 0.6 is 22.7 Å². The van der Waals surface area contributed by atoms with E-state index in [-0.39, 0.29) is 0 Å². The molecule has 2 nitrogen and oxygen atoms in total. The van der Waals surface area contributed by atoms with Crippen LogP contribution in [-0.4, -0.2) is 0 Å². The smallest absolute Gasteiger partial charge is 0.0783 e. The molecule has 2 aliphatic rings. The summed E-state index contributed by atoms with van der Waals surface area (Å²) in [5, 5.41) is 5.25. The highest BCUT2D eigenvalue weighted by Crippen LogP contribution is 2.65. The van der Waals surface area contributed by atoms with Crippen LogP contribution < -0.4 is 9.80 Å². The Balaban J connectivity index is 0.916. The van der Waals surface area contributed by atoms with E-state index in [9.17, 15) is 0 Å². The van der Waals surface area contributed by atoms with Crippen LogP contribution in [0.15, 0.2) is 279 Å². The molecule has 0 N–H and O–H groups in total. The average molecular weight is 1020 g/mol. The summed E-state index contributed by atoms with van der Waals surface area (Å²) in [5.41, 5.74) is 20.7. The highest BCUT2D eigenvalue weighted by atomic mass is 32.1. The first-order chi connectivity index (χ1) is 38.2. The molecule has 0 unspecified atom stereocenters.